The van der Waals surface area contributed by atoms with Gasteiger partial charge in [0.05, 0.1) is 24.8 Å². The molecule has 5 rings (SSSR count). The van der Waals surface area contributed by atoms with E-state index in [4.69, 9.17) is 29.0 Å². The molecule has 0 aliphatic rings. The van der Waals surface area contributed by atoms with Crippen LogP contribution in [0.1, 0.15) is 15.9 Å². The maximum atomic E-state index is 13.3. The first-order valence-corrected chi connectivity index (χ1v) is 13.6. The van der Waals surface area contributed by atoms with Gasteiger partial charge in [-0.15, -0.1) is 0 Å². The first-order chi connectivity index (χ1) is 20.7. The summed E-state index contributed by atoms with van der Waals surface area (Å²) in [5, 5.41) is 14.1. The number of rotatable bonds is 15. The number of fused-ring (bicyclic) bond motifs is 3. The van der Waals surface area contributed by atoms with Crippen LogP contribution >= 0.6 is 0 Å². The van der Waals surface area contributed by atoms with Gasteiger partial charge < -0.3 is 29.2 Å². The van der Waals surface area contributed by atoms with Gasteiger partial charge in [0.25, 0.3) is 0 Å². The molecule has 4 N–H and O–H groups in total. The summed E-state index contributed by atoms with van der Waals surface area (Å²) in [5.41, 5.74) is 4.50. The highest BCUT2D eigenvalue weighted by atomic mass is 16.8. The average molecular weight is 572 g/mol. The number of methoxy groups -OCH3 is 1. The van der Waals surface area contributed by atoms with Gasteiger partial charge in [0.1, 0.15) is 25.1 Å². The van der Waals surface area contributed by atoms with Gasteiger partial charge in [-0.2, -0.15) is 0 Å². The second-order valence-electron chi connectivity index (χ2n) is 9.43. The van der Waals surface area contributed by atoms with E-state index in [1.165, 1.54) is 0 Å². The molecule has 0 aliphatic heterocycles. The Morgan fingerprint density at radius 3 is 2.45 bits per heavy atom. The first kappa shape index (κ1) is 28.9. The maximum Gasteiger partial charge on any atom is 0.338 e. The van der Waals surface area contributed by atoms with E-state index in [9.17, 15) is 4.79 Å². The van der Waals surface area contributed by atoms with Crippen LogP contribution in [0.25, 0.3) is 21.8 Å². The van der Waals surface area contributed by atoms with Gasteiger partial charge in [0.2, 0.25) is 0 Å². The van der Waals surface area contributed by atoms with E-state index in [0.717, 1.165) is 21.8 Å². The van der Waals surface area contributed by atoms with Crippen molar-refractivity contribution in [1.82, 2.24) is 15.9 Å². The Kier molecular flexibility index (Phi) is 9.86. The van der Waals surface area contributed by atoms with Gasteiger partial charge >= 0.3 is 5.97 Å². The molecule has 0 radical (unpaired) electrons. The molecule has 1 aromatic heterocycles. The predicted molar refractivity (Wildman–Crippen MR) is 158 cm³/mol. The fourth-order valence-corrected chi connectivity index (χ4v) is 4.71. The van der Waals surface area contributed by atoms with Crippen molar-refractivity contribution in [2.75, 3.05) is 33.4 Å². The SMILES string of the molecule is COc1ccccc1OCCNCC(COc1cccc2[nH]c3ccccc3c12)OC(=O)c1ccccc1CONO. The molecular weight excluding hydrogens is 538 g/mol. The number of benzene rings is 4. The van der Waals surface area contributed by atoms with Crippen LogP contribution in [0.3, 0.4) is 0 Å². The summed E-state index contributed by atoms with van der Waals surface area (Å²) >= 11 is 0. The molecule has 0 saturated heterocycles. The van der Waals surface area contributed by atoms with Gasteiger partial charge in [-0.25, -0.2) is 4.79 Å². The highest BCUT2D eigenvalue weighted by molar-refractivity contribution is 6.10. The minimum absolute atomic E-state index is 0.0238. The quantitative estimate of drug-likeness (QED) is 0.0780. The summed E-state index contributed by atoms with van der Waals surface area (Å²) in [4.78, 5) is 21.5. The Morgan fingerprint density at radius 2 is 1.60 bits per heavy atom. The largest absolute Gasteiger partial charge is 0.493 e. The maximum absolute atomic E-state index is 13.3. The fourth-order valence-electron chi connectivity index (χ4n) is 4.71. The number of carbonyl (C=O) groups is 1. The van der Waals surface area contributed by atoms with Crippen LogP contribution in [0, 0.1) is 0 Å². The number of ether oxygens (including phenoxy) is 4. The van der Waals surface area contributed by atoms with E-state index in [1.54, 1.807) is 37.0 Å². The molecule has 1 unspecified atom stereocenters. The van der Waals surface area contributed by atoms with Gasteiger partial charge in [0.15, 0.2) is 11.5 Å². The van der Waals surface area contributed by atoms with E-state index < -0.39 is 12.1 Å². The number of H-pyrrole nitrogens is 1. The van der Waals surface area contributed by atoms with Crippen LogP contribution in [-0.4, -0.2) is 55.7 Å². The summed E-state index contributed by atoms with van der Waals surface area (Å²) < 4.78 is 23.4. The lowest BCUT2D eigenvalue weighted by atomic mass is 10.1. The van der Waals surface area contributed by atoms with Crippen LogP contribution in [0.4, 0.5) is 0 Å². The molecule has 0 saturated carbocycles. The third-order valence-corrected chi connectivity index (χ3v) is 6.70. The lowest BCUT2D eigenvalue weighted by Gasteiger charge is -2.20. The number of nitrogens with one attached hydrogen (secondary N) is 3. The monoisotopic (exact) mass is 571 g/mol. The Morgan fingerprint density at radius 1 is 0.857 bits per heavy atom. The first-order valence-electron chi connectivity index (χ1n) is 13.6. The number of aromatic nitrogens is 1. The zero-order valence-electron chi connectivity index (χ0n) is 23.2. The Labute approximate surface area is 243 Å². The van der Waals surface area contributed by atoms with E-state index >= 15 is 0 Å². The van der Waals surface area contributed by atoms with Crippen molar-refractivity contribution in [2.45, 2.75) is 12.7 Å². The molecular formula is C32H33N3O7. The molecule has 5 aromatic rings. The topological polar surface area (TPSA) is 123 Å². The van der Waals surface area contributed by atoms with Gasteiger partial charge in [-0.05, 0) is 42.0 Å². The second-order valence-corrected chi connectivity index (χ2v) is 9.43. The summed E-state index contributed by atoms with van der Waals surface area (Å²) in [7, 11) is 1.60. The minimum atomic E-state index is -0.630. The van der Waals surface area contributed by atoms with Gasteiger partial charge in [0, 0.05) is 29.4 Å². The van der Waals surface area contributed by atoms with E-state index in [2.05, 4.69) is 10.3 Å². The fraction of sp³-hybridized carbons (Fsp3) is 0.219. The van der Waals surface area contributed by atoms with Crippen molar-refractivity contribution < 1.29 is 33.8 Å². The highest BCUT2D eigenvalue weighted by Gasteiger charge is 2.20. The average Bonchev–Trinajstić information content (AvgIpc) is 3.42. The molecule has 218 valence electrons. The van der Waals surface area contributed by atoms with Crippen LogP contribution < -0.4 is 25.2 Å². The summed E-state index contributed by atoms with van der Waals surface area (Å²) in [5.74, 6) is 1.46. The highest BCUT2D eigenvalue weighted by Crippen LogP contribution is 2.33. The molecule has 0 amide bonds. The summed E-state index contributed by atoms with van der Waals surface area (Å²) in [6.07, 6.45) is -0.630. The van der Waals surface area contributed by atoms with Crippen LogP contribution in [0.5, 0.6) is 17.2 Å². The van der Waals surface area contributed by atoms with Crippen molar-refractivity contribution in [3.05, 3.63) is 102 Å². The Hall–Kier alpha value is -4.61. The molecule has 1 atom stereocenters. The second kappa shape index (κ2) is 14.3. The van der Waals surface area contributed by atoms with Crippen molar-refractivity contribution in [3.63, 3.8) is 0 Å². The standard InChI is InChI=1S/C32H33N3O7/c1-38-28-14-6-7-15-29(28)39-18-17-33-19-23(42-32(36)24-10-3-2-9-22(24)20-41-35-37)21-40-30-16-8-13-27-31(30)25-11-4-5-12-26(25)34-27/h2-16,23,33-35,37H,17-21H2,1H3. The molecule has 4 aromatic carbocycles. The Bertz CT molecular complexity index is 1620. The smallest absolute Gasteiger partial charge is 0.338 e. The van der Waals surface area contributed by atoms with Crippen LogP contribution in [0.15, 0.2) is 91.0 Å². The van der Waals surface area contributed by atoms with Crippen molar-refractivity contribution >= 4 is 27.8 Å². The number of hydrogen-bond acceptors (Lipinski definition) is 9. The number of aromatic amines is 1. The molecule has 42 heavy (non-hydrogen) atoms. The van der Waals surface area contributed by atoms with E-state index in [0.29, 0.717) is 48.1 Å². The molecule has 0 fully saturated rings. The molecule has 1 heterocycles. The van der Waals surface area contributed by atoms with Crippen molar-refractivity contribution in [3.8, 4) is 17.2 Å². The molecule has 10 nitrogen and oxygen atoms in total. The van der Waals surface area contributed by atoms with Gasteiger partial charge in [-0.3, -0.25) is 10.0 Å². The lowest BCUT2D eigenvalue weighted by Crippen LogP contribution is -2.37. The van der Waals surface area contributed by atoms with E-state index in [1.807, 2.05) is 66.7 Å². The Balaban J connectivity index is 1.28. The lowest BCUT2D eigenvalue weighted by molar-refractivity contribution is -0.135. The molecule has 0 spiro atoms. The molecule has 10 heteroatoms. The van der Waals surface area contributed by atoms with Crippen molar-refractivity contribution in [2.24, 2.45) is 0 Å². The number of hydrogen-bond donors (Lipinski definition) is 4. The summed E-state index contributed by atoms with van der Waals surface area (Å²) in [6, 6.07) is 28.2. The zero-order chi connectivity index (χ0) is 29.1. The van der Waals surface area contributed by atoms with Crippen molar-refractivity contribution in [1.29, 1.82) is 0 Å². The normalized spacial score (nSPS) is 11.9. The van der Waals surface area contributed by atoms with E-state index in [-0.39, 0.29) is 13.2 Å². The van der Waals surface area contributed by atoms with Crippen LogP contribution in [0.2, 0.25) is 0 Å². The number of carbonyl (C=O) groups excluding carboxylic acids is 1. The zero-order valence-corrected chi connectivity index (χ0v) is 23.2. The number of para-hydroxylation sites is 3. The summed E-state index contributed by atoms with van der Waals surface area (Å²) in [6.45, 7) is 1.29. The predicted octanol–water partition coefficient (Wildman–Crippen LogP) is 5.01. The van der Waals surface area contributed by atoms with Crippen LogP contribution in [-0.2, 0) is 16.2 Å². The third-order valence-electron chi connectivity index (χ3n) is 6.70. The minimum Gasteiger partial charge on any atom is -0.493 e. The molecule has 0 bridgehead atoms. The number of esters is 1. The third kappa shape index (κ3) is 6.99. The molecule has 0 aliphatic carbocycles. The van der Waals surface area contributed by atoms with Gasteiger partial charge in [-0.1, -0.05) is 60.2 Å².